The molecule has 0 saturated heterocycles. The summed E-state index contributed by atoms with van der Waals surface area (Å²) in [6, 6.07) is 26.9. The first-order valence-corrected chi connectivity index (χ1v) is 21.5. The van der Waals surface area contributed by atoms with Crippen LogP contribution >= 0.6 is 0 Å². The molecule has 53 heavy (non-hydrogen) atoms. The first kappa shape index (κ1) is 46.7. The third-order valence-electron chi connectivity index (χ3n) is 8.72. The fourth-order valence-electron chi connectivity index (χ4n) is 5.77. The summed E-state index contributed by atoms with van der Waals surface area (Å²) in [6.07, 6.45) is 19.6. The number of para-hydroxylation sites is 2. The van der Waals surface area contributed by atoms with Gasteiger partial charge in [0, 0.05) is 0 Å². The molecular formula is C42H54CaO8S2. The Morgan fingerprint density at radius 3 is 1.06 bits per heavy atom. The SMILES string of the molecule is CCCCCCCCCc1ccccc1Oc1ccc(S(=O)(=O)[O-])cc1.CCCCCCCCCc1ccccc1Oc1ccc(S(=O)(=O)[O-])cc1.[Ca+2]. The van der Waals surface area contributed by atoms with Gasteiger partial charge in [-0.05, 0) is 97.5 Å². The van der Waals surface area contributed by atoms with Crippen molar-refractivity contribution in [1.82, 2.24) is 0 Å². The zero-order valence-corrected chi connectivity index (χ0v) is 35.2. The standard InChI is InChI=1S/2C21H28O4S.Ca/c2*1-2-3-4-5-6-7-8-11-18-12-9-10-13-21(18)25-19-14-16-20(17-15-19)26(22,23)24;/h2*9-10,12-17H,2-8,11H2,1H3,(H,22,23,24);/q;;+2/p-2. The summed E-state index contributed by atoms with van der Waals surface area (Å²) in [7, 11) is -8.86. The van der Waals surface area contributed by atoms with Crippen molar-refractivity contribution >= 4 is 58.0 Å². The van der Waals surface area contributed by atoms with E-state index in [2.05, 4.69) is 26.0 Å². The topological polar surface area (TPSA) is 133 Å². The predicted molar refractivity (Wildman–Crippen MR) is 211 cm³/mol. The Bertz CT molecular complexity index is 1680. The molecule has 0 atom stereocenters. The molecule has 0 aliphatic rings. The summed E-state index contributed by atoms with van der Waals surface area (Å²) in [5, 5.41) is 0. The zero-order valence-electron chi connectivity index (χ0n) is 31.3. The van der Waals surface area contributed by atoms with Crippen LogP contribution in [0.15, 0.2) is 107 Å². The minimum absolute atomic E-state index is 0. The molecule has 4 aromatic carbocycles. The van der Waals surface area contributed by atoms with E-state index in [0.717, 1.165) is 48.3 Å². The Morgan fingerprint density at radius 1 is 0.434 bits per heavy atom. The third-order valence-corrected chi connectivity index (χ3v) is 10.4. The maximum atomic E-state index is 11.0. The monoisotopic (exact) mass is 790 g/mol. The van der Waals surface area contributed by atoms with E-state index in [4.69, 9.17) is 9.47 Å². The van der Waals surface area contributed by atoms with Gasteiger partial charge in [-0.15, -0.1) is 0 Å². The van der Waals surface area contributed by atoms with Gasteiger partial charge in [-0.1, -0.05) is 127 Å². The first-order valence-electron chi connectivity index (χ1n) is 18.6. The van der Waals surface area contributed by atoms with Gasteiger partial charge in [0.2, 0.25) is 0 Å². The molecule has 0 saturated carbocycles. The van der Waals surface area contributed by atoms with Crippen molar-refractivity contribution in [3.8, 4) is 23.0 Å². The largest absolute Gasteiger partial charge is 2.00 e. The van der Waals surface area contributed by atoms with Crippen molar-refractivity contribution in [2.75, 3.05) is 0 Å². The fraction of sp³-hybridized carbons (Fsp3) is 0.429. The summed E-state index contributed by atoms with van der Waals surface area (Å²) >= 11 is 0. The van der Waals surface area contributed by atoms with Gasteiger partial charge in [-0.3, -0.25) is 0 Å². The molecule has 0 amide bonds. The second kappa shape index (κ2) is 25.6. The zero-order chi connectivity index (χ0) is 37.7. The van der Waals surface area contributed by atoms with Crippen LogP contribution in [0.25, 0.3) is 0 Å². The minimum atomic E-state index is -4.43. The number of rotatable bonds is 22. The molecule has 8 nitrogen and oxygen atoms in total. The van der Waals surface area contributed by atoms with E-state index in [1.165, 1.54) is 126 Å². The predicted octanol–water partition coefficient (Wildman–Crippen LogP) is 11.0. The van der Waals surface area contributed by atoms with Gasteiger partial charge < -0.3 is 18.6 Å². The molecule has 4 aromatic rings. The fourth-order valence-corrected chi connectivity index (χ4v) is 6.71. The summed E-state index contributed by atoms with van der Waals surface area (Å²) in [4.78, 5) is -0.498. The van der Waals surface area contributed by atoms with Gasteiger partial charge in [-0.25, -0.2) is 16.8 Å². The molecule has 0 bridgehead atoms. The minimum Gasteiger partial charge on any atom is -0.744 e. The van der Waals surface area contributed by atoms with Gasteiger partial charge in [0.15, 0.2) is 0 Å². The van der Waals surface area contributed by atoms with E-state index in [1.807, 2.05) is 36.4 Å². The van der Waals surface area contributed by atoms with Crippen LogP contribution in [0.3, 0.4) is 0 Å². The Balaban J connectivity index is 0.000000360. The average Bonchev–Trinajstić information content (AvgIpc) is 3.12. The van der Waals surface area contributed by atoms with Crippen LogP contribution in [0.4, 0.5) is 0 Å². The van der Waals surface area contributed by atoms with Crippen LogP contribution < -0.4 is 9.47 Å². The molecule has 0 aromatic heterocycles. The molecular weight excluding hydrogens is 737 g/mol. The summed E-state index contributed by atoms with van der Waals surface area (Å²) in [5.74, 6) is 2.58. The van der Waals surface area contributed by atoms with Crippen LogP contribution in [0.2, 0.25) is 0 Å². The number of hydrogen-bond donors (Lipinski definition) is 0. The van der Waals surface area contributed by atoms with Gasteiger partial charge in [0.25, 0.3) is 0 Å². The van der Waals surface area contributed by atoms with Gasteiger partial charge in [0.05, 0.1) is 9.79 Å². The Hall–Kier alpha value is -2.44. The quantitative estimate of drug-likeness (QED) is 0.0436. The van der Waals surface area contributed by atoms with Crippen LogP contribution in [0.5, 0.6) is 23.0 Å². The number of ether oxygens (including phenoxy) is 2. The van der Waals surface area contributed by atoms with Crippen LogP contribution in [-0.4, -0.2) is 63.7 Å². The van der Waals surface area contributed by atoms with E-state index < -0.39 is 20.2 Å². The number of hydrogen-bond acceptors (Lipinski definition) is 8. The van der Waals surface area contributed by atoms with E-state index in [1.54, 1.807) is 0 Å². The summed E-state index contributed by atoms with van der Waals surface area (Å²) in [6.45, 7) is 4.45. The van der Waals surface area contributed by atoms with E-state index in [-0.39, 0.29) is 47.5 Å². The number of unbranched alkanes of at least 4 members (excludes halogenated alkanes) is 12. The average molecular weight is 791 g/mol. The molecule has 0 N–H and O–H groups in total. The normalized spacial score (nSPS) is 11.2. The van der Waals surface area contributed by atoms with Crippen LogP contribution in [-0.2, 0) is 33.1 Å². The van der Waals surface area contributed by atoms with Crippen molar-refractivity contribution in [2.45, 2.75) is 126 Å². The molecule has 0 spiro atoms. The Labute approximate surface area is 348 Å². The summed E-state index contributed by atoms with van der Waals surface area (Å²) < 4.78 is 77.7. The van der Waals surface area contributed by atoms with Crippen molar-refractivity contribution in [3.05, 3.63) is 108 Å². The maximum absolute atomic E-state index is 11.0. The van der Waals surface area contributed by atoms with E-state index >= 15 is 0 Å². The second-order valence-corrected chi connectivity index (χ2v) is 15.8. The molecule has 284 valence electrons. The summed E-state index contributed by atoms with van der Waals surface area (Å²) in [5.41, 5.74) is 2.28. The Morgan fingerprint density at radius 2 is 0.736 bits per heavy atom. The molecule has 0 aliphatic heterocycles. The maximum Gasteiger partial charge on any atom is 2.00 e. The number of aryl methyl sites for hydroxylation is 2. The first-order chi connectivity index (χ1) is 25.0. The van der Waals surface area contributed by atoms with E-state index in [0.29, 0.717) is 11.5 Å². The van der Waals surface area contributed by atoms with Crippen LogP contribution in [0, 0.1) is 0 Å². The van der Waals surface area contributed by atoms with Crippen molar-refractivity contribution in [2.24, 2.45) is 0 Å². The molecule has 0 radical (unpaired) electrons. The Kier molecular flexibility index (Phi) is 22.6. The molecule has 4 rings (SSSR count). The molecule has 11 heteroatoms. The van der Waals surface area contributed by atoms with E-state index in [9.17, 15) is 25.9 Å². The second-order valence-electron chi connectivity index (χ2n) is 13.0. The van der Waals surface area contributed by atoms with Crippen molar-refractivity contribution < 1.29 is 35.4 Å². The van der Waals surface area contributed by atoms with Crippen LogP contribution in [0.1, 0.15) is 115 Å². The van der Waals surface area contributed by atoms with Gasteiger partial charge in [0.1, 0.15) is 43.2 Å². The van der Waals surface area contributed by atoms with Crippen molar-refractivity contribution in [1.29, 1.82) is 0 Å². The molecule has 0 aliphatic carbocycles. The molecule has 0 unspecified atom stereocenters. The van der Waals surface area contributed by atoms with Gasteiger partial charge >= 0.3 is 37.7 Å². The number of benzene rings is 4. The molecule has 0 fully saturated rings. The smallest absolute Gasteiger partial charge is 0.744 e. The van der Waals surface area contributed by atoms with Crippen molar-refractivity contribution in [3.63, 3.8) is 0 Å². The molecule has 0 heterocycles. The third kappa shape index (κ3) is 18.6. The van der Waals surface area contributed by atoms with Gasteiger partial charge in [-0.2, -0.15) is 0 Å².